The minimum absolute atomic E-state index is 0.0579. The molecular formula is C17H16N2O5S. The molecule has 0 aliphatic rings. The van der Waals surface area contributed by atoms with Crippen LogP contribution in [-0.4, -0.2) is 25.4 Å². The molecule has 130 valence electrons. The fourth-order valence-electron chi connectivity index (χ4n) is 1.91. The van der Waals surface area contributed by atoms with Crippen molar-refractivity contribution in [2.45, 2.75) is 11.4 Å². The maximum atomic E-state index is 12.2. The number of hydrogen-bond donors (Lipinski definition) is 3. The second kappa shape index (κ2) is 8.22. The van der Waals surface area contributed by atoms with Crippen LogP contribution in [0.5, 0.6) is 0 Å². The number of hydrogen-bond acceptors (Lipinski definition) is 4. The molecule has 0 bridgehead atoms. The van der Waals surface area contributed by atoms with Gasteiger partial charge in [-0.2, -0.15) is 0 Å². The second-order valence-electron chi connectivity index (χ2n) is 5.00. The third-order valence-electron chi connectivity index (χ3n) is 3.12. The van der Waals surface area contributed by atoms with Gasteiger partial charge in [0.2, 0.25) is 15.9 Å². The third-order valence-corrected chi connectivity index (χ3v) is 4.54. The lowest BCUT2D eigenvalue weighted by atomic mass is 10.2. The summed E-state index contributed by atoms with van der Waals surface area (Å²) in [5.41, 5.74) is 1.18. The number of benzene rings is 2. The van der Waals surface area contributed by atoms with E-state index >= 15 is 0 Å². The smallest absolute Gasteiger partial charge is 0.328 e. The van der Waals surface area contributed by atoms with Gasteiger partial charge in [-0.3, -0.25) is 4.79 Å². The average molecular weight is 360 g/mol. The number of carboxylic acids is 1. The van der Waals surface area contributed by atoms with E-state index in [9.17, 15) is 18.0 Å². The van der Waals surface area contributed by atoms with Gasteiger partial charge in [0.1, 0.15) is 0 Å². The number of carbonyl (C=O) groups excluding carboxylic acids is 1. The van der Waals surface area contributed by atoms with Crippen molar-refractivity contribution >= 4 is 27.6 Å². The van der Waals surface area contributed by atoms with E-state index in [0.29, 0.717) is 11.8 Å². The van der Waals surface area contributed by atoms with Gasteiger partial charge in [0.05, 0.1) is 4.90 Å². The van der Waals surface area contributed by atoms with Crippen molar-refractivity contribution in [2.75, 3.05) is 5.32 Å². The van der Waals surface area contributed by atoms with E-state index < -0.39 is 21.9 Å². The molecule has 0 unspecified atom stereocenters. The molecule has 0 fully saturated rings. The molecule has 7 nitrogen and oxygen atoms in total. The second-order valence-corrected chi connectivity index (χ2v) is 6.76. The Morgan fingerprint density at radius 1 is 0.960 bits per heavy atom. The predicted octanol–water partition coefficient (Wildman–Crippen LogP) is 1.74. The van der Waals surface area contributed by atoms with Gasteiger partial charge in [-0.25, -0.2) is 17.9 Å². The molecular weight excluding hydrogens is 344 g/mol. The zero-order valence-corrected chi connectivity index (χ0v) is 13.9. The van der Waals surface area contributed by atoms with E-state index in [1.165, 1.54) is 24.3 Å². The molecule has 0 saturated carbocycles. The van der Waals surface area contributed by atoms with E-state index in [1.807, 2.05) is 30.3 Å². The molecule has 3 N–H and O–H groups in total. The highest BCUT2D eigenvalue weighted by molar-refractivity contribution is 7.89. The van der Waals surface area contributed by atoms with Gasteiger partial charge in [-0.15, -0.1) is 0 Å². The minimum atomic E-state index is -3.68. The van der Waals surface area contributed by atoms with Crippen LogP contribution in [0.3, 0.4) is 0 Å². The molecule has 1 amide bonds. The number of carboxylic acid groups (broad SMARTS) is 1. The fourth-order valence-corrected chi connectivity index (χ4v) is 2.92. The first-order valence-corrected chi connectivity index (χ1v) is 8.71. The standard InChI is InChI=1S/C17H16N2O5S/c20-16(10-11-17(21)22)19-14-6-8-15(9-7-14)25(23,24)18-12-13-4-2-1-3-5-13/h1-11,18H,12H2,(H,19,20)(H,21,22). The first-order valence-electron chi connectivity index (χ1n) is 7.22. The first kappa shape index (κ1) is 18.4. The Labute approximate surface area is 145 Å². The van der Waals surface area contributed by atoms with E-state index in [0.717, 1.165) is 11.6 Å². The zero-order valence-electron chi connectivity index (χ0n) is 13.0. The van der Waals surface area contributed by atoms with Crippen LogP contribution in [0.15, 0.2) is 71.6 Å². The highest BCUT2D eigenvalue weighted by Crippen LogP contribution is 2.14. The minimum Gasteiger partial charge on any atom is -0.478 e. The summed E-state index contributed by atoms with van der Waals surface area (Å²) in [6, 6.07) is 14.6. The summed E-state index contributed by atoms with van der Waals surface area (Å²) in [6.07, 6.45) is 1.58. The van der Waals surface area contributed by atoms with Gasteiger partial charge in [-0.1, -0.05) is 30.3 Å². The Balaban J connectivity index is 2.00. The summed E-state index contributed by atoms with van der Waals surface area (Å²) in [7, 11) is -3.68. The molecule has 25 heavy (non-hydrogen) atoms. The van der Waals surface area contributed by atoms with Crippen LogP contribution in [0.25, 0.3) is 0 Å². The molecule has 2 aromatic carbocycles. The number of nitrogens with one attached hydrogen (secondary N) is 2. The number of anilines is 1. The van der Waals surface area contributed by atoms with Gasteiger partial charge in [0.15, 0.2) is 0 Å². The number of aliphatic carboxylic acids is 1. The van der Waals surface area contributed by atoms with Crippen molar-refractivity contribution in [1.29, 1.82) is 0 Å². The average Bonchev–Trinajstić information content (AvgIpc) is 2.60. The Hall–Kier alpha value is -2.97. The summed E-state index contributed by atoms with van der Waals surface area (Å²) < 4.78 is 27.0. The first-order chi connectivity index (χ1) is 11.9. The number of amides is 1. The molecule has 0 aromatic heterocycles. The highest BCUT2D eigenvalue weighted by Gasteiger charge is 2.13. The number of rotatable bonds is 7. The normalized spacial score (nSPS) is 11.4. The van der Waals surface area contributed by atoms with Crippen LogP contribution in [0.4, 0.5) is 5.69 Å². The Kier molecular flexibility index (Phi) is 6.04. The van der Waals surface area contributed by atoms with Crippen LogP contribution < -0.4 is 10.0 Å². The maximum absolute atomic E-state index is 12.2. The van der Waals surface area contributed by atoms with Crippen molar-refractivity contribution in [2.24, 2.45) is 0 Å². The summed E-state index contributed by atoms with van der Waals surface area (Å²) in [6.45, 7) is 0.168. The highest BCUT2D eigenvalue weighted by atomic mass is 32.2. The molecule has 2 aromatic rings. The van der Waals surface area contributed by atoms with Gasteiger partial charge in [0, 0.05) is 24.4 Å². The quantitative estimate of drug-likeness (QED) is 0.651. The molecule has 2 rings (SSSR count). The van der Waals surface area contributed by atoms with E-state index in [4.69, 9.17) is 5.11 Å². The van der Waals surface area contributed by atoms with E-state index in [2.05, 4.69) is 10.0 Å². The summed E-state index contributed by atoms with van der Waals surface area (Å²) in [5, 5.41) is 10.9. The number of sulfonamides is 1. The van der Waals surface area contributed by atoms with Crippen molar-refractivity contribution in [1.82, 2.24) is 4.72 Å². The molecule has 0 aliphatic heterocycles. The summed E-state index contributed by atoms with van der Waals surface area (Å²) in [4.78, 5) is 21.9. The molecule has 0 radical (unpaired) electrons. The Bertz CT molecular complexity index is 875. The maximum Gasteiger partial charge on any atom is 0.328 e. The molecule has 0 saturated heterocycles. The molecule has 0 atom stereocenters. The fraction of sp³-hybridized carbons (Fsp3) is 0.0588. The van der Waals surface area contributed by atoms with Crippen LogP contribution in [0, 0.1) is 0 Å². The van der Waals surface area contributed by atoms with Crippen LogP contribution in [0.2, 0.25) is 0 Å². The van der Waals surface area contributed by atoms with Gasteiger partial charge in [0.25, 0.3) is 0 Å². The number of carbonyl (C=O) groups is 2. The molecule has 0 spiro atoms. The largest absolute Gasteiger partial charge is 0.478 e. The van der Waals surface area contributed by atoms with Crippen LogP contribution in [-0.2, 0) is 26.2 Å². The molecule has 0 heterocycles. The molecule has 0 aliphatic carbocycles. The lowest BCUT2D eigenvalue weighted by Crippen LogP contribution is -2.23. The lowest BCUT2D eigenvalue weighted by molar-refractivity contribution is -0.131. The summed E-state index contributed by atoms with van der Waals surface area (Å²) >= 11 is 0. The predicted molar refractivity (Wildman–Crippen MR) is 92.3 cm³/mol. The van der Waals surface area contributed by atoms with Gasteiger partial charge in [-0.05, 0) is 29.8 Å². The van der Waals surface area contributed by atoms with E-state index in [1.54, 1.807) is 0 Å². The van der Waals surface area contributed by atoms with Crippen molar-refractivity contribution in [3.63, 3.8) is 0 Å². The zero-order chi connectivity index (χ0) is 18.3. The Morgan fingerprint density at radius 3 is 2.20 bits per heavy atom. The SMILES string of the molecule is O=C(O)C=CC(=O)Nc1ccc(S(=O)(=O)NCc2ccccc2)cc1. The van der Waals surface area contributed by atoms with Gasteiger partial charge < -0.3 is 10.4 Å². The van der Waals surface area contributed by atoms with Crippen LogP contribution in [0.1, 0.15) is 5.56 Å². The van der Waals surface area contributed by atoms with Crippen molar-refractivity contribution < 1.29 is 23.1 Å². The van der Waals surface area contributed by atoms with Gasteiger partial charge >= 0.3 is 5.97 Å². The van der Waals surface area contributed by atoms with Crippen molar-refractivity contribution in [3.8, 4) is 0 Å². The van der Waals surface area contributed by atoms with Crippen molar-refractivity contribution in [3.05, 3.63) is 72.3 Å². The summed E-state index contributed by atoms with van der Waals surface area (Å²) in [5.74, 6) is -1.86. The Morgan fingerprint density at radius 2 is 1.60 bits per heavy atom. The van der Waals surface area contributed by atoms with Crippen LogP contribution >= 0.6 is 0 Å². The monoisotopic (exact) mass is 360 g/mol. The van der Waals surface area contributed by atoms with E-state index in [-0.39, 0.29) is 11.4 Å². The lowest BCUT2D eigenvalue weighted by Gasteiger charge is -2.08. The molecule has 8 heteroatoms. The third kappa shape index (κ3) is 5.87. The topological polar surface area (TPSA) is 113 Å².